The van der Waals surface area contributed by atoms with Crippen LogP contribution in [0.15, 0.2) is 78.9 Å². The first-order chi connectivity index (χ1) is 26.9. The number of quaternary nitrogens is 2. The Bertz CT molecular complexity index is 2140. The fourth-order valence-electron chi connectivity index (χ4n) is 9.96. The molecular formula is C46H52Cl2N2O6+2. The van der Waals surface area contributed by atoms with Crippen LogP contribution in [0.5, 0.6) is 23.0 Å². The van der Waals surface area contributed by atoms with Crippen molar-refractivity contribution in [3.8, 4) is 23.0 Å². The number of likely N-dealkylation sites (tertiary alicyclic amines) is 2. The van der Waals surface area contributed by atoms with E-state index in [9.17, 15) is 9.59 Å². The number of carbonyl (C=O) groups is 2. The van der Waals surface area contributed by atoms with Crippen molar-refractivity contribution >= 4 is 35.1 Å². The maximum Gasteiger partial charge on any atom is 0.313 e. The summed E-state index contributed by atoms with van der Waals surface area (Å²) < 4.78 is 26.0. The first-order valence-electron chi connectivity index (χ1n) is 20.0. The zero-order valence-corrected chi connectivity index (χ0v) is 34.3. The van der Waals surface area contributed by atoms with E-state index in [1.54, 1.807) is 0 Å². The zero-order valence-electron chi connectivity index (χ0n) is 32.8. The highest BCUT2D eigenvalue weighted by Crippen LogP contribution is 2.53. The maximum absolute atomic E-state index is 13.8. The van der Waals surface area contributed by atoms with Crippen LogP contribution in [0.4, 0.5) is 0 Å². The Hall–Kier alpha value is -4.08. The molecule has 0 aliphatic carbocycles. The molecule has 7 atom stereocenters. The first kappa shape index (κ1) is 38.8. The molecular weight excluding hydrogens is 747 g/mol. The topological polar surface area (TPSA) is 71.1 Å². The van der Waals surface area contributed by atoms with Gasteiger partial charge in [-0.3, -0.25) is 18.6 Å². The quantitative estimate of drug-likeness (QED) is 0.111. The minimum atomic E-state index is -0.266. The van der Waals surface area contributed by atoms with Crippen molar-refractivity contribution < 1.29 is 37.5 Å². The van der Waals surface area contributed by atoms with Gasteiger partial charge in [-0.05, 0) is 73.7 Å². The number of rotatable bonds is 11. The number of carbonyl (C=O) groups excluding carboxylic acids is 2. The molecule has 0 N–H and O–H groups in total. The summed E-state index contributed by atoms with van der Waals surface area (Å²) in [5.74, 6) is 3.59. The van der Waals surface area contributed by atoms with Crippen molar-refractivity contribution in [3.63, 3.8) is 0 Å². The van der Waals surface area contributed by atoms with Crippen LogP contribution in [0.1, 0.15) is 91.0 Å². The van der Waals surface area contributed by atoms with Crippen LogP contribution in [0.3, 0.4) is 0 Å². The van der Waals surface area contributed by atoms with Crippen molar-refractivity contribution in [2.24, 2.45) is 5.92 Å². The molecule has 0 bridgehead atoms. The van der Waals surface area contributed by atoms with Gasteiger partial charge in [0.05, 0.1) is 46.2 Å². The molecule has 7 unspecified atom stereocenters. The Morgan fingerprint density at radius 2 is 1.23 bits per heavy atom. The van der Waals surface area contributed by atoms with E-state index in [4.69, 9.17) is 42.1 Å². The number of ether oxygens (including phenoxy) is 4. The number of aryl methyl sites for hydroxylation is 1. The SMILES string of the molecule is CCCC(CCCc1cc2c(cc1Cl)C1C[N+](C)(COC(C)=O)CC1c1ccccc1O2)C(=O)OC[N+]1(C)CC2c3ccccc3Oc3ccc(Cl)cc3C2C1. The summed E-state index contributed by atoms with van der Waals surface area (Å²) in [6.07, 6.45) is 3.90. The lowest BCUT2D eigenvalue weighted by molar-refractivity contribution is -0.915. The van der Waals surface area contributed by atoms with Gasteiger partial charge in [-0.2, -0.15) is 0 Å². The van der Waals surface area contributed by atoms with Crippen LogP contribution in [0.25, 0.3) is 0 Å². The number of nitrogens with zero attached hydrogens (tertiary/aromatic N) is 2. The number of benzene rings is 4. The molecule has 4 aliphatic heterocycles. The minimum absolute atomic E-state index is 0.124. The minimum Gasteiger partial charge on any atom is -0.457 e. The molecule has 0 aromatic heterocycles. The fourth-order valence-corrected chi connectivity index (χ4v) is 10.4. The van der Waals surface area contributed by atoms with Crippen molar-refractivity contribution in [3.05, 3.63) is 117 Å². The largest absolute Gasteiger partial charge is 0.457 e. The van der Waals surface area contributed by atoms with Crippen LogP contribution in [-0.4, -0.2) is 74.6 Å². The lowest BCUT2D eigenvalue weighted by Gasteiger charge is -2.30. The Morgan fingerprint density at radius 3 is 1.84 bits per heavy atom. The number of esters is 2. The van der Waals surface area contributed by atoms with Gasteiger partial charge in [-0.25, -0.2) is 0 Å². The molecule has 294 valence electrons. The second-order valence-corrected chi connectivity index (χ2v) is 17.9. The van der Waals surface area contributed by atoms with Gasteiger partial charge in [0.25, 0.3) is 0 Å². The van der Waals surface area contributed by atoms with E-state index in [0.29, 0.717) is 38.9 Å². The molecule has 10 heteroatoms. The zero-order chi connectivity index (χ0) is 39.2. The van der Waals surface area contributed by atoms with E-state index in [1.165, 1.54) is 18.1 Å². The van der Waals surface area contributed by atoms with E-state index in [1.807, 2.05) is 42.5 Å². The smallest absolute Gasteiger partial charge is 0.313 e. The van der Waals surface area contributed by atoms with Gasteiger partial charge < -0.3 is 18.9 Å². The van der Waals surface area contributed by atoms with Gasteiger partial charge in [0.15, 0.2) is 0 Å². The average Bonchev–Trinajstić information content (AvgIpc) is 3.65. The molecule has 0 saturated carbocycles. The number of hydrogen-bond donors (Lipinski definition) is 0. The van der Waals surface area contributed by atoms with E-state index in [-0.39, 0.29) is 41.5 Å². The average molecular weight is 800 g/mol. The third-order valence-electron chi connectivity index (χ3n) is 12.6. The highest BCUT2D eigenvalue weighted by molar-refractivity contribution is 6.31. The number of hydrogen-bond acceptors (Lipinski definition) is 6. The molecule has 4 aromatic carbocycles. The third-order valence-corrected chi connectivity index (χ3v) is 13.2. The van der Waals surface area contributed by atoms with Gasteiger partial charge in [0.2, 0.25) is 13.5 Å². The number of halogens is 2. The molecule has 4 aromatic rings. The van der Waals surface area contributed by atoms with Gasteiger partial charge >= 0.3 is 11.9 Å². The van der Waals surface area contributed by atoms with Crippen molar-refractivity contribution in [2.75, 3.05) is 53.7 Å². The highest BCUT2D eigenvalue weighted by atomic mass is 35.5. The molecule has 0 spiro atoms. The van der Waals surface area contributed by atoms with Crippen LogP contribution in [0, 0.1) is 5.92 Å². The Labute approximate surface area is 340 Å². The van der Waals surface area contributed by atoms with Crippen molar-refractivity contribution in [1.82, 2.24) is 0 Å². The maximum atomic E-state index is 13.8. The normalized spacial score (nSPS) is 26.0. The predicted octanol–water partition coefficient (Wildman–Crippen LogP) is 10.3. The van der Waals surface area contributed by atoms with E-state index >= 15 is 0 Å². The summed E-state index contributed by atoms with van der Waals surface area (Å²) in [5, 5.41) is 1.41. The van der Waals surface area contributed by atoms with E-state index in [0.717, 1.165) is 91.6 Å². The number of fused-ring (bicyclic) bond motifs is 10. The summed E-state index contributed by atoms with van der Waals surface area (Å²) in [6, 6.07) is 26.6. The van der Waals surface area contributed by atoms with Crippen LogP contribution >= 0.6 is 23.2 Å². The molecule has 0 radical (unpaired) electrons. The predicted molar refractivity (Wildman–Crippen MR) is 218 cm³/mol. The standard InChI is InChI=1S/C46H52Cl2N2O6/c1-5-11-30(46(52)54-28-50(4)24-37-33-14-6-8-16-42(33)55-44-19-18-32(47)21-35(44)39(37)25-50)12-10-13-31-20-45-36(22-41(31)48)40-26-49(3,27-53-29(2)51)23-38(40)34-15-7-9-17-43(34)56-45/h6-9,14-22,30,37-40H,5,10-13,23-28H2,1-4H3/q+2. The van der Waals surface area contributed by atoms with Gasteiger partial charge in [-0.15, -0.1) is 0 Å². The first-order valence-corrected chi connectivity index (χ1v) is 20.8. The third kappa shape index (κ3) is 7.78. The Balaban J connectivity index is 0.940. The van der Waals surface area contributed by atoms with Gasteiger partial charge in [0, 0.05) is 62.9 Å². The summed E-state index contributed by atoms with van der Waals surface area (Å²) >= 11 is 13.6. The monoisotopic (exact) mass is 798 g/mol. The second-order valence-electron chi connectivity index (χ2n) is 17.1. The number of likely N-dealkylation sites (N-methyl/N-ethyl adjacent to an activating group) is 2. The van der Waals surface area contributed by atoms with E-state index < -0.39 is 0 Å². The van der Waals surface area contributed by atoms with Crippen LogP contribution in [-0.2, 0) is 25.5 Å². The summed E-state index contributed by atoms with van der Waals surface area (Å²) in [6.45, 7) is 7.52. The highest BCUT2D eigenvalue weighted by Gasteiger charge is 2.49. The van der Waals surface area contributed by atoms with Crippen molar-refractivity contribution in [2.45, 2.75) is 69.6 Å². The second kappa shape index (κ2) is 15.7. The van der Waals surface area contributed by atoms with Crippen LogP contribution in [0.2, 0.25) is 10.0 Å². The van der Waals surface area contributed by atoms with Crippen LogP contribution < -0.4 is 9.47 Å². The van der Waals surface area contributed by atoms with Gasteiger partial charge in [-0.1, -0.05) is 72.9 Å². The van der Waals surface area contributed by atoms with Crippen molar-refractivity contribution in [1.29, 1.82) is 0 Å². The fraction of sp³-hybridized carbons (Fsp3) is 0.435. The van der Waals surface area contributed by atoms with E-state index in [2.05, 4.69) is 57.4 Å². The summed E-state index contributed by atoms with van der Waals surface area (Å²) in [7, 11) is 4.34. The molecule has 8 rings (SSSR count). The summed E-state index contributed by atoms with van der Waals surface area (Å²) in [4.78, 5) is 25.5. The molecule has 4 heterocycles. The molecule has 8 nitrogen and oxygen atoms in total. The van der Waals surface area contributed by atoms with Gasteiger partial charge in [0.1, 0.15) is 23.0 Å². The Kier molecular flexibility index (Phi) is 10.9. The molecule has 4 aliphatic rings. The molecule has 2 fully saturated rings. The molecule has 56 heavy (non-hydrogen) atoms. The lowest BCUT2D eigenvalue weighted by atomic mass is 9.83. The summed E-state index contributed by atoms with van der Waals surface area (Å²) in [5.41, 5.74) is 5.58. The Morgan fingerprint density at radius 1 is 0.696 bits per heavy atom. The molecule has 0 amide bonds. The molecule has 2 saturated heterocycles. The lowest BCUT2D eigenvalue weighted by Crippen LogP contribution is -2.45. The number of para-hydroxylation sites is 2.